The normalized spacial score (nSPS) is 25.9. The van der Waals surface area contributed by atoms with Crippen LogP contribution in [0.2, 0.25) is 0 Å². The van der Waals surface area contributed by atoms with Gasteiger partial charge < -0.3 is 10.0 Å². The molecule has 1 saturated heterocycles. The highest BCUT2D eigenvalue weighted by Crippen LogP contribution is 2.34. The van der Waals surface area contributed by atoms with Crippen LogP contribution in [-0.4, -0.2) is 35.6 Å². The van der Waals surface area contributed by atoms with E-state index in [-0.39, 0.29) is 5.92 Å². The number of carboxylic acid groups (broad SMARTS) is 1. The summed E-state index contributed by atoms with van der Waals surface area (Å²) in [6, 6.07) is 0. The second-order valence-corrected chi connectivity index (χ2v) is 5.00. The van der Waals surface area contributed by atoms with Gasteiger partial charge in [-0.3, -0.25) is 4.79 Å². The fraction of sp³-hybridized carbons (Fsp3) is 0.917. The lowest BCUT2D eigenvalue weighted by Gasteiger charge is -2.36. The summed E-state index contributed by atoms with van der Waals surface area (Å²) in [5, 5.41) is 9.21. The van der Waals surface area contributed by atoms with Crippen molar-refractivity contribution >= 4 is 5.97 Å². The molecule has 0 spiro atoms. The Bertz CT molecular complexity index is 220. The largest absolute Gasteiger partial charge is 0.481 e. The van der Waals surface area contributed by atoms with Crippen LogP contribution < -0.4 is 0 Å². The highest BCUT2D eigenvalue weighted by molar-refractivity contribution is 5.70. The van der Waals surface area contributed by atoms with Crippen molar-refractivity contribution in [3.05, 3.63) is 0 Å². The predicted molar refractivity (Wildman–Crippen MR) is 58.8 cm³/mol. The summed E-state index contributed by atoms with van der Waals surface area (Å²) in [4.78, 5) is 13.5. The van der Waals surface area contributed by atoms with Gasteiger partial charge in [0.05, 0.1) is 5.92 Å². The third kappa shape index (κ3) is 2.71. The Balaban J connectivity index is 1.84. The molecule has 1 saturated carbocycles. The van der Waals surface area contributed by atoms with E-state index in [0.717, 1.165) is 32.5 Å². The molecule has 1 aliphatic heterocycles. The first-order chi connectivity index (χ1) is 7.27. The molecule has 1 atom stereocenters. The zero-order valence-corrected chi connectivity index (χ0v) is 9.32. The molecular weight excluding hydrogens is 190 g/mol. The zero-order chi connectivity index (χ0) is 10.7. The van der Waals surface area contributed by atoms with E-state index in [0.29, 0.717) is 5.92 Å². The number of carboxylic acids is 1. The van der Waals surface area contributed by atoms with Crippen LogP contribution in [0.5, 0.6) is 0 Å². The van der Waals surface area contributed by atoms with Gasteiger partial charge in [-0.15, -0.1) is 0 Å². The minimum absolute atomic E-state index is 0.100. The summed E-state index contributed by atoms with van der Waals surface area (Å²) >= 11 is 0. The number of hydrogen-bond donors (Lipinski definition) is 1. The molecule has 3 heteroatoms. The molecule has 1 aliphatic carbocycles. The van der Waals surface area contributed by atoms with Crippen molar-refractivity contribution in [2.75, 3.05) is 19.6 Å². The third-order valence-electron chi connectivity index (χ3n) is 3.94. The predicted octanol–water partition coefficient (Wildman–Crippen LogP) is 1.97. The summed E-state index contributed by atoms with van der Waals surface area (Å²) in [7, 11) is 0. The van der Waals surface area contributed by atoms with Gasteiger partial charge in [0, 0.05) is 6.54 Å². The fourth-order valence-corrected chi connectivity index (χ4v) is 2.69. The molecule has 1 heterocycles. The van der Waals surface area contributed by atoms with Crippen LogP contribution in [-0.2, 0) is 4.79 Å². The van der Waals surface area contributed by atoms with Crippen LogP contribution in [0, 0.1) is 11.8 Å². The highest BCUT2D eigenvalue weighted by atomic mass is 16.4. The maximum Gasteiger partial charge on any atom is 0.308 e. The summed E-state index contributed by atoms with van der Waals surface area (Å²) in [6.45, 7) is 3.01. The number of piperidine rings is 1. The zero-order valence-electron chi connectivity index (χ0n) is 9.32. The molecule has 2 aliphatic rings. The maximum atomic E-state index is 11.2. The van der Waals surface area contributed by atoms with E-state index in [2.05, 4.69) is 4.90 Å². The van der Waals surface area contributed by atoms with E-state index in [9.17, 15) is 9.90 Å². The monoisotopic (exact) mass is 211 g/mol. The first kappa shape index (κ1) is 10.9. The van der Waals surface area contributed by atoms with Gasteiger partial charge in [-0.1, -0.05) is 12.8 Å². The van der Waals surface area contributed by atoms with Crippen LogP contribution in [0.3, 0.4) is 0 Å². The standard InChI is InChI=1S/C12H21NO2/c14-12(15)11(10-5-4-6-10)9-13-7-2-1-3-8-13/h10-11H,1-9H2,(H,14,15). The van der Waals surface area contributed by atoms with Gasteiger partial charge >= 0.3 is 5.97 Å². The first-order valence-corrected chi connectivity index (χ1v) is 6.22. The average Bonchev–Trinajstić information content (AvgIpc) is 2.15. The fourth-order valence-electron chi connectivity index (χ4n) is 2.69. The summed E-state index contributed by atoms with van der Waals surface area (Å²) in [6.07, 6.45) is 7.30. The van der Waals surface area contributed by atoms with E-state index in [1.165, 1.54) is 25.7 Å². The molecule has 0 aromatic heterocycles. The van der Waals surface area contributed by atoms with Gasteiger partial charge in [-0.05, 0) is 44.7 Å². The topological polar surface area (TPSA) is 40.5 Å². The molecule has 3 nitrogen and oxygen atoms in total. The van der Waals surface area contributed by atoms with Crippen LogP contribution in [0.4, 0.5) is 0 Å². The van der Waals surface area contributed by atoms with Crippen LogP contribution in [0.1, 0.15) is 38.5 Å². The van der Waals surface area contributed by atoms with Crippen molar-refractivity contribution in [3.8, 4) is 0 Å². The van der Waals surface area contributed by atoms with Crippen molar-refractivity contribution < 1.29 is 9.90 Å². The molecule has 1 N–H and O–H groups in total. The molecule has 1 unspecified atom stereocenters. The number of rotatable bonds is 4. The van der Waals surface area contributed by atoms with Crippen LogP contribution >= 0.6 is 0 Å². The number of carbonyl (C=O) groups is 1. The van der Waals surface area contributed by atoms with Crippen LogP contribution in [0.25, 0.3) is 0 Å². The Kier molecular flexibility index (Phi) is 3.62. The second kappa shape index (κ2) is 4.97. The van der Waals surface area contributed by atoms with E-state index >= 15 is 0 Å². The van der Waals surface area contributed by atoms with E-state index in [4.69, 9.17) is 0 Å². The van der Waals surface area contributed by atoms with E-state index in [1.54, 1.807) is 0 Å². The minimum atomic E-state index is -0.578. The molecule has 15 heavy (non-hydrogen) atoms. The number of hydrogen-bond acceptors (Lipinski definition) is 2. The molecule has 0 aromatic rings. The minimum Gasteiger partial charge on any atom is -0.481 e. The molecule has 0 radical (unpaired) electrons. The molecule has 0 bridgehead atoms. The van der Waals surface area contributed by atoms with Gasteiger partial charge in [0.15, 0.2) is 0 Å². The SMILES string of the molecule is O=C(O)C(CN1CCCCC1)C1CCC1. The Hall–Kier alpha value is -0.570. The molecule has 2 rings (SSSR count). The van der Waals surface area contributed by atoms with Crippen molar-refractivity contribution in [2.45, 2.75) is 38.5 Å². The Labute approximate surface area is 91.5 Å². The number of likely N-dealkylation sites (tertiary alicyclic amines) is 1. The lowest BCUT2D eigenvalue weighted by molar-refractivity contribution is -0.146. The maximum absolute atomic E-state index is 11.2. The van der Waals surface area contributed by atoms with Gasteiger partial charge in [0.25, 0.3) is 0 Å². The summed E-state index contributed by atoms with van der Waals surface area (Å²) < 4.78 is 0. The summed E-state index contributed by atoms with van der Waals surface area (Å²) in [5.41, 5.74) is 0. The molecule has 86 valence electrons. The molecule has 0 aromatic carbocycles. The first-order valence-electron chi connectivity index (χ1n) is 6.22. The van der Waals surface area contributed by atoms with Crippen molar-refractivity contribution in [1.82, 2.24) is 4.90 Å². The lowest BCUT2D eigenvalue weighted by Crippen LogP contribution is -2.41. The molecule has 0 amide bonds. The molecule has 2 fully saturated rings. The third-order valence-corrected chi connectivity index (χ3v) is 3.94. The smallest absolute Gasteiger partial charge is 0.308 e. The average molecular weight is 211 g/mol. The summed E-state index contributed by atoms with van der Waals surface area (Å²) in [5.74, 6) is -0.216. The Morgan fingerprint density at radius 3 is 2.33 bits per heavy atom. The van der Waals surface area contributed by atoms with Crippen molar-refractivity contribution in [3.63, 3.8) is 0 Å². The number of aliphatic carboxylic acids is 1. The van der Waals surface area contributed by atoms with Gasteiger partial charge in [0.2, 0.25) is 0 Å². The van der Waals surface area contributed by atoms with E-state index < -0.39 is 5.97 Å². The van der Waals surface area contributed by atoms with Gasteiger partial charge in [-0.2, -0.15) is 0 Å². The van der Waals surface area contributed by atoms with Gasteiger partial charge in [-0.25, -0.2) is 0 Å². The quantitative estimate of drug-likeness (QED) is 0.773. The molecular formula is C12H21NO2. The van der Waals surface area contributed by atoms with Crippen LogP contribution in [0.15, 0.2) is 0 Å². The number of nitrogens with zero attached hydrogens (tertiary/aromatic N) is 1. The lowest BCUT2D eigenvalue weighted by atomic mass is 9.75. The van der Waals surface area contributed by atoms with Crippen molar-refractivity contribution in [2.24, 2.45) is 11.8 Å². The van der Waals surface area contributed by atoms with Crippen molar-refractivity contribution in [1.29, 1.82) is 0 Å². The van der Waals surface area contributed by atoms with Gasteiger partial charge in [0.1, 0.15) is 0 Å². The highest BCUT2D eigenvalue weighted by Gasteiger charge is 2.33. The second-order valence-electron chi connectivity index (χ2n) is 5.00. The van der Waals surface area contributed by atoms with E-state index in [1.807, 2.05) is 0 Å². The Morgan fingerprint density at radius 1 is 1.20 bits per heavy atom. The Morgan fingerprint density at radius 2 is 1.87 bits per heavy atom.